The maximum Gasteiger partial charge on any atom is 0.240 e. The smallest absolute Gasteiger partial charge is 0.240 e. The first-order valence-electron chi connectivity index (χ1n) is 10.8. The van der Waals surface area contributed by atoms with Gasteiger partial charge in [-0.25, -0.2) is 13.1 Å². The highest BCUT2D eigenvalue weighted by Gasteiger charge is 2.36. The fourth-order valence-electron chi connectivity index (χ4n) is 3.80. The average Bonchev–Trinajstić information content (AvgIpc) is 3.49. The number of nitrogens with one attached hydrogen (secondary N) is 1. The minimum Gasteiger partial charge on any atom is -0.492 e. The van der Waals surface area contributed by atoms with Crippen LogP contribution in [-0.2, 0) is 26.7 Å². The van der Waals surface area contributed by atoms with Crippen LogP contribution in [0.5, 0.6) is 5.75 Å². The molecule has 0 aromatic heterocycles. The molecule has 0 bridgehead atoms. The first kappa shape index (κ1) is 21.8. The Hall–Kier alpha value is -2.38. The third-order valence-electron chi connectivity index (χ3n) is 5.83. The van der Waals surface area contributed by atoms with Crippen LogP contribution in [0.3, 0.4) is 0 Å². The molecule has 1 amide bonds. The van der Waals surface area contributed by atoms with Gasteiger partial charge in [0.25, 0.3) is 0 Å². The number of nitrogens with zero attached hydrogens (tertiary/aromatic N) is 1. The van der Waals surface area contributed by atoms with E-state index in [4.69, 9.17) is 4.74 Å². The SMILES string of the molecule is CC(C)(C)c1ccc(OCCNS(=O)(=O)c2ccc3c(c2)CCN3C(=O)C2CC2)cc1. The van der Waals surface area contributed by atoms with Crippen LogP contribution < -0.4 is 14.4 Å². The van der Waals surface area contributed by atoms with E-state index in [1.165, 1.54) is 5.56 Å². The van der Waals surface area contributed by atoms with E-state index in [9.17, 15) is 13.2 Å². The molecule has 2 aromatic carbocycles. The molecule has 1 heterocycles. The molecule has 0 saturated heterocycles. The number of benzene rings is 2. The Kier molecular flexibility index (Phi) is 5.83. The Morgan fingerprint density at radius 1 is 1.13 bits per heavy atom. The molecule has 0 unspecified atom stereocenters. The van der Waals surface area contributed by atoms with E-state index in [0.717, 1.165) is 24.1 Å². The van der Waals surface area contributed by atoms with Crippen LogP contribution in [0.2, 0.25) is 0 Å². The monoisotopic (exact) mass is 442 g/mol. The highest BCUT2D eigenvalue weighted by atomic mass is 32.2. The maximum absolute atomic E-state index is 12.7. The van der Waals surface area contributed by atoms with Crippen molar-refractivity contribution in [2.45, 2.75) is 50.3 Å². The zero-order valence-corrected chi connectivity index (χ0v) is 19.2. The molecule has 1 saturated carbocycles. The third-order valence-corrected chi connectivity index (χ3v) is 7.29. The quantitative estimate of drug-likeness (QED) is 0.665. The van der Waals surface area contributed by atoms with Gasteiger partial charge in [-0.15, -0.1) is 0 Å². The maximum atomic E-state index is 12.7. The average molecular weight is 443 g/mol. The van der Waals surface area contributed by atoms with Crippen molar-refractivity contribution in [2.75, 3.05) is 24.6 Å². The number of fused-ring (bicyclic) bond motifs is 1. The van der Waals surface area contributed by atoms with Gasteiger partial charge in [-0.3, -0.25) is 4.79 Å². The zero-order chi connectivity index (χ0) is 22.2. The van der Waals surface area contributed by atoms with Crippen molar-refractivity contribution < 1.29 is 17.9 Å². The molecule has 0 radical (unpaired) electrons. The van der Waals surface area contributed by atoms with Crippen LogP contribution >= 0.6 is 0 Å². The van der Waals surface area contributed by atoms with E-state index >= 15 is 0 Å². The van der Waals surface area contributed by atoms with Gasteiger partial charge < -0.3 is 9.64 Å². The number of amides is 1. The van der Waals surface area contributed by atoms with Gasteiger partial charge in [0.05, 0.1) is 4.90 Å². The molecule has 7 heteroatoms. The number of carbonyl (C=O) groups excluding carboxylic acids is 1. The first-order valence-corrected chi connectivity index (χ1v) is 12.3. The second-order valence-corrected chi connectivity index (χ2v) is 11.1. The van der Waals surface area contributed by atoms with Gasteiger partial charge in [0.1, 0.15) is 12.4 Å². The lowest BCUT2D eigenvalue weighted by atomic mass is 9.87. The van der Waals surface area contributed by atoms with E-state index in [1.807, 2.05) is 24.3 Å². The lowest BCUT2D eigenvalue weighted by Gasteiger charge is -2.19. The molecule has 0 spiro atoms. The van der Waals surface area contributed by atoms with Gasteiger partial charge in [-0.2, -0.15) is 0 Å². The Morgan fingerprint density at radius 3 is 2.48 bits per heavy atom. The van der Waals surface area contributed by atoms with E-state index in [-0.39, 0.29) is 35.3 Å². The molecular weight excluding hydrogens is 412 g/mol. The summed E-state index contributed by atoms with van der Waals surface area (Å²) in [7, 11) is -3.64. The van der Waals surface area contributed by atoms with Gasteiger partial charge in [-0.1, -0.05) is 32.9 Å². The predicted molar refractivity (Wildman–Crippen MR) is 121 cm³/mol. The molecule has 166 valence electrons. The Bertz CT molecular complexity index is 1070. The molecule has 4 rings (SSSR count). The van der Waals surface area contributed by atoms with Gasteiger partial charge in [0.15, 0.2) is 0 Å². The van der Waals surface area contributed by atoms with E-state index < -0.39 is 10.0 Å². The van der Waals surface area contributed by atoms with Gasteiger partial charge in [0, 0.05) is 24.7 Å². The fraction of sp³-hybridized carbons (Fsp3) is 0.458. The van der Waals surface area contributed by atoms with Crippen molar-refractivity contribution in [3.63, 3.8) is 0 Å². The van der Waals surface area contributed by atoms with Crippen molar-refractivity contribution in [3.05, 3.63) is 53.6 Å². The van der Waals surface area contributed by atoms with Gasteiger partial charge in [-0.05, 0) is 66.1 Å². The third kappa shape index (κ3) is 4.93. The number of anilines is 1. The Morgan fingerprint density at radius 2 is 1.84 bits per heavy atom. The topological polar surface area (TPSA) is 75.7 Å². The summed E-state index contributed by atoms with van der Waals surface area (Å²) in [4.78, 5) is 14.4. The van der Waals surface area contributed by atoms with Crippen LogP contribution in [0.1, 0.15) is 44.7 Å². The highest BCUT2D eigenvalue weighted by molar-refractivity contribution is 7.89. The predicted octanol–water partition coefficient (Wildman–Crippen LogP) is 3.64. The molecule has 6 nitrogen and oxygen atoms in total. The molecule has 31 heavy (non-hydrogen) atoms. The normalized spacial score (nSPS) is 16.3. The van der Waals surface area contributed by atoms with Crippen LogP contribution in [0, 0.1) is 5.92 Å². The van der Waals surface area contributed by atoms with Crippen LogP contribution in [0.25, 0.3) is 0 Å². The summed E-state index contributed by atoms with van der Waals surface area (Å²) >= 11 is 0. The van der Waals surface area contributed by atoms with E-state index in [1.54, 1.807) is 23.1 Å². The molecule has 1 aliphatic heterocycles. The van der Waals surface area contributed by atoms with E-state index in [2.05, 4.69) is 25.5 Å². The van der Waals surface area contributed by atoms with Crippen molar-refractivity contribution in [1.29, 1.82) is 0 Å². The lowest BCUT2D eigenvalue weighted by Crippen LogP contribution is -2.30. The van der Waals surface area contributed by atoms with Crippen LogP contribution in [0.4, 0.5) is 5.69 Å². The Labute approximate surface area is 184 Å². The summed E-state index contributed by atoms with van der Waals surface area (Å²) in [5, 5.41) is 0. The standard InChI is InChI=1S/C24H30N2O4S/c1-24(2,3)19-6-8-20(9-7-19)30-15-13-25-31(28,29)21-10-11-22-18(16-21)12-14-26(22)23(27)17-4-5-17/h6-11,16-17,25H,4-5,12-15H2,1-3H3. The summed E-state index contributed by atoms with van der Waals surface area (Å²) < 4.78 is 33.6. The number of hydrogen-bond acceptors (Lipinski definition) is 4. The minimum absolute atomic E-state index is 0.0756. The zero-order valence-electron chi connectivity index (χ0n) is 18.3. The molecule has 0 atom stereocenters. The van der Waals surface area contributed by atoms with Gasteiger partial charge >= 0.3 is 0 Å². The number of ether oxygens (including phenoxy) is 1. The number of carbonyl (C=O) groups is 1. The van der Waals surface area contributed by atoms with Crippen molar-refractivity contribution in [3.8, 4) is 5.75 Å². The summed E-state index contributed by atoms with van der Waals surface area (Å²) in [6, 6.07) is 12.9. The lowest BCUT2D eigenvalue weighted by molar-refractivity contribution is -0.119. The number of hydrogen-bond donors (Lipinski definition) is 1. The van der Waals surface area contributed by atoms with Crippen molar-refractivity contribution in [2.24, 2.45) is 5.92 Å². The van der Waals surface area contributed by atoms with Gasteiger partial charge in [0.2, 0.25) is 15.9 Å². The van der Waals surface area contributed by atoms with Crippen molar-refractivity contribution >= 4 is 21.6 Å². The van der Waals surface area contributed by atoms with E-state index in [0.29, 0.717) is 18.7 Å². The second-order valence-electron chi connectivity index (χ2n) is 9.33. The van der Waals surface area contributed by atoms with Crippen LogP contribution in [0.15, 0.2) is 47.4 Å². The second kappa shape index (κ2) is 8.28. The van der Waals surface area contributed by atoms with Crippen molar-refractivity contribution in [1.82, 2.24) is 4.72 Å². The fourth-order valence-corrected chi connectivity index (χ4v) is 4.87. The summed E-state index contributed by atoms with van der Waals surface area (Å²) in [5.41, 5.74) is 3.05. The van der Waals surface area contributed by atoms with Crippen LogP contribution in [-0.4, -0.2) is 34.0 Å². The molecule has 1 fully saturated rings. The highest BCUT2D eigenvalue weighted by Crippen LogP contribution is 2.37. The summed E-state index contributed by atoms with van der Waals surface area (Å²) in [5.74, 6) is 1.03. The number of rotatable bonds is 7. The molecule has 2 aromatic rings. The Balaban J connectivity index is 1.32. The molecular formula is C24H30N2O4S. The summed E-state index contributed by atoms with van der Waals surface area (Å²) in [6.45, 7) is 7.50. The largest absolute Gasteiger partial charge is 0.492 e. The summed E-state index contributed by atoms with van der Waals surface area (Å²) in [6.07, 6.45) is 2.61. The molecule has 2 aliphatic rings. The number of sulfonamides is 1. The molecule has 1 N–H and O–H groups in total. The first-order chi connectivity index (χ1) is 14.6. The minimum atomic E-state index is -3.64. The molecule has 1 aliphatic carbocycles.